The number of aromatic nitrogens is 2. The molecule has 19 heavy (non-hydrogen) atoms. The van der Waals surface area contributed by atoms with Gasteiger partial charge in [-0.1, -0.05) is 0 Å². The number of aliphatic hydroxyl groups excluding tert-OH is 3. The van der Waals surface area contributed by atoms with Gasteiger partial charge in [0.1, 0.15) is 24.1 Å². The van der Waals surface area contributed by atoms with E-state index >= 15 is 0 Å². The zero-order valence-corrected chi connectivity index (χ0v) is 9.80. The molecule has 0 bridgehead atoms. The van der Waals surface area contributed by atoms with Crippen molar-refractivity contribution in [1.29, 1.82) is 0 Å². The zero-order valence-electron chi connectivity index (χ0n) is 9.80. The summed E-state index contributed by atoms with van der Waals surface area (Å²) < 4.78 is 6.13. The van der Waals surface area contributed by atoms with Crippen LogP contribution in [0.1, 0.15) is 0 Å². The molecule has 8 nitrogen and oxygen atoms in total. The summed E-state index contributed by atoms with van der Waals surface area (Å²) in [6.07, 6.45) is 2.43. The van der Waals surface area contributed by atoms with Crippen LogP contribution in [0.4, 0.5) is 5.82 Å². The summed E-state index contributed by atoms with van der Waals surface area (Å²) in [6.45, 7) is -0.557. The second-order valence-electron chi connectivity index (χ2n) is 4.12. The van der Waals surface area contributed by atoms with Crippen molar-refractivity contribution >= 4 is 5.82 Å². The van der Waals surface area contributed by atoms with Crippen molar-refractivity contribution in [3.05, 3.63) is 22.7 Å². The van der Waals surface area contributed by atoms with Crippen LogP contribution in [0.2, 0.25) is 0 Å². The minimum Gasteiger partial charge on any atom is -0.394 e. The van der Waals surface area contributed by atoms with Gasteiger partial charge in [0, 0.05) is 6.20 Å². The van der Waals surface area contributed by atoms with Crippen molar-refractivity contribution in [2.75, 3.05) is 12.3 Å². The van der Waals surface area contributed by atoms with Crippen molar-refractivity contribution in [3.63, 3.8) is 0 Å². The number of terminal acetylenes is 1. The van der Waals surface area contributed by atoms with Gasteiger partial charge >= 0.3 is 5.69 Å². The second kappa shape index (κ2) is 4.64. The summed E-state index contributed by atoms with van der Waals surface area (Å²) in [7, 11) is 0. The van der Waals surface area contributed by atoms with Gasteiger partial charge in [-0.15, -0.1) is 6.42 Å². The summed E-state index contributed by atoms with van der Waals surface area (Å²) in [4.78, 5) is 15.3. The molecule has 4 atom stereocenters. The number of nitrogens with zero attached hydrogens (tertiary/aromatic N) is 2. The Hall–Kier alpha value is -1.92. The lowest BCUT2D eigenvalue weighted by atomic mass is 10.0. The van der Waals surface area contributed by atoms with E-state index in [9.17, 15) is 15.0 Å². The number of aliphatic hydroxyl groups is 3. The van der Waals surface area contributed by atoms with Crippen LogP contribution >= 0.6 is 0 Å². The summed E-state index contributed by atoms with van der Waals surface area (Å²) in [5.74, 6) is 2.12. The van der Waals surface area contributed by atoms with Crippen LogP contribution in [0.15, 0.2) is 17.1 Å². The Bertz CT molecular complexity index is 580. The van der Waals surface area contributed by atoms with Crippen molar-refractivity contribution in [1.82, 2.24) is 9.55 Å². The molecule has 2 rings (SSSR count). The predicted molar refractivity (Wildman–Crippen MR) is 63.7 cm³/mol. The molecule has 102 valence electrons. The fraction of sp³-hybridized carbons (Fsp3) is 0.455. The summed E-state index contributed by atoms with van der Waals surface area (Å²) in [5.41, 5.74) is 2.60. The van der Waals surface area contributed by atoms with E-state index in [1.165, 1.54) is 12.3 Å². The number of rotatable bonds is 2. The molecule has 2 heterocycles. The second-order valence-corrected chi connectivity index (χ2v) is 4.12. The molecule has 1 aliphatic rings. The van der Waals surface area contributed by atoms with Gasteiger partial charge in [0.25, 0.3) is 0 Å². The third kappa shape index (κ3) is 1.89. The van der Waals surface area contributed by atoms with Crippen LogP contribution in [0.5, 0.6) is 0 Å². The zero-order chi connectivity index (χ0) is 14.2. The highest BCUT2D eigenvalue weighted by Gasteiger charge is 2.55. The Balaban J connectivity index is 2.56. The SMILES string of the molecule is C#C[C@]1(n2ccc(N)nc2=O)O[C@H](CO)[C@@H](O)[C@H]1O. The minimum absolute atomic E-state index is 0.0137. The normalized spacial score (nSPS) is 34.1. The first-order chi connectivity index (χ1) is 8.96. The van der Waals surface area contributed by atoms with Crippen LogP contribution < -0.4 is 11.4 Å². The molecule has 0 unspecified atom stereocenters. The van der Waals surface area contributed by atoms with Gasteiger partial charge in [-0.2, -0.15) is 4.98 Å². The van der Waals surface area contributed by atoms with Gasteiger partial charge in [0.15, 0.2) is 0 Å². The average molecular weight is 267 g/mol. The molecule has 0 aliphatic carbocycles. The van der Waals surface area contributed by atoms with E-state index in [-0.39, 0.29) is 5.82 Å². The molecule has 0 radical (unpaired) electrons. The van der Waals surface area contributed by atoms with Gasteiger partial charge in [-0.3, -0.25) is 4.57 Å². The molecular formula is C11H13N3O5. The largest absolute Gasteiger partial charge is 0.394 e. The molecule has 1 aliphatic heterocycles. The van der Waals surface area contributed by atoms with E-state index in [1.54, 1.807) is 0 Å². The Morgan fingerprint density at radius 3 is 2.79 bits per heavy atom. The Morgan fingerprint density at radius 2 is 2.32 bits per heavy atom. The summed E-state index contributed by atoms with van der Waals surface area (Å²) in [6, 6.07) is 1.30. The Labute approximate surface area is 108 Å². The van der Waals surface area contributed by atoms with Crippen LogP contribution in [-0.2, 0) is 10.5 Å². The number of hydrogen-bond donors (Lipinski definition) is 4. The number of ether oxygens (including phenoxy) is 1. The van der Waals surface area contributed by atoms with Gasteiger partial charge in [0.05, 0.1) is 6.61 Å². The van der Waals surface area contributed by atoms with Crippen molar-refractivity contribution in [2.45, 2.75) is 24.0 Å². The number of anilines is 1. The maximum Gasteiger partial charge on any atom is 0.352 e. The lowest BCUT2D eigenvalue weighted by molar-refractivity contribution is -0.107. The van der Waals surface area contributed by atoms with E-state index in [1.807, 2.05) is 0 Å². The Kier molecular flexibility index (Phi) is 3.30. The average Bonchev–Trinajstić information content (AvgIpc) is 2.64. The lowest BCUT2D eigenvalue weighted by Crippen LogP contribution is -2.49. The van der Waals surface area contributed by atoms with Gasteiger partial charge in [0.2, 0.25) is 5.72 Å². The first-order valence-electron chi connectivity index (χ1n) is 5.44. The molecule has 0 amide bonds. The molecule has 1 saturated heterocycles. The van der Waals surface area contributed by atoms with Crippen LogP contribution in [0.25, 0.3) is 0 Å². The standard InChI is InChI=1S/C11H13N3O5/c1-2-11(9(17)8(16)6(5-15)19-11)14-4-3-7(12)13-10(14)18/h1,3-4,6,8-9,15-17H,5H2,(H2,12,13,18)/t6-,8-,9-,11+/m1/s1. The molecule has 0 spiro atoms. The van der Waals surface area contributed by atoms with Crippen LogP contribution in [0.3, 0.4) is 0 Å². The van der Waals surface area contributed by atoms with E-state index in [0.717, 1.165) is 4.57 Å². The molecule has 1 fully saturated rings. The fourth-order valence-electron chi connectivity index (χ4n) is 2.01. The van der Waals surface area contributed by atoms with Crippen LogP contribution in [-0.4, -0.2) is 49.8 Å². The van der Waals surface area contributed by atoms with E-state index in [0.29, 0.717) is 0 Å². The fourth-order valence-corrected chi connectivity index (χ4v) is 2.01. The third-order valence-corrected chi connectivity index (χ3v) is 3.01. The molecule has 0 saturated carbocycles. The Morgan fingerprint density at radius 1 is 1.63 bits per heavy atom. The van der Waals surface area contributed by atoms with E-state index in [2.05, 4.69) is 10.9 Å². The first-order valence-corrected chi connectivity index (χ1v) is 5.44. The van der Waals surface area contributed by atoms with Crippen molar-refractivity contribution < 1.29 is 20.1 Å². The molecule has 8 heteroatoms. The molecule has 0 aromatic carbocycles. The quantitative estimate of drug-likeness (QED) is 0.426. The molecular weight excluding hydrogens is 254 g/mol. The molecule has 5 N–H and O–H groups in total. The summed E-state index contributed by atoms with van der Waals surface area (Å²) in [5, 5.41) is 28.8. The lowest BCUT2D eigenvalue weighted by Gasteiger charge is -2.28. The third-order valence-electron chi connectivity index (χ3n) is 3.01. The van der Waals surface area contributed by atoms with E-state index in [4.69, 9.17) is 22.0 Å². The van der Waals surface area contributed by atoms with Crippen molar-refractivity contribution in [3.8, 4) is 12.3 Å². The predicted octanol–water partition coefficient (Wildman–Crippen LogP) is -2.78. The van der Waals surface area contributed by atoms with Gasteiger partial charge in [-0.25, -0.2) is 4.79 Å². The molecule has 1 aromatic heterocycles. The topological polar surface area (TPSA) is 131 Å². The molecule has 1 aromatic rings. The smallest absolute Gasteiger partial charge is 0.352 e. The van der Waals surface area contributed by atoms with Crippen LogP contribution in [0, 0.1) is 12.3 Å². The number of hydrogen-bond acceptors (Lipinski definition) is 7. The monoisotopic (exact) mass is 267 g/mol. The first kappa shape index (κ1) is 13.5. The maximum atomic E-state index is 11.8. The number of nitrogen functional groups attached to an aromatic ring is 1. The van der Waals surface area contributed by atoms with Gasteiger partial charge < -0.3 is 25.8 Å². The highest BCUT2D eigenvalue weighted by atomic mass is 16.6. The highest BCUT2D eigenvalue weighted by molar-refractivity contribution is 5.25. The van der Waals surface area contributed by atoms with Crippen molar-refractivity contribution in [2.24, 2.45) is 0 Å². The number of nitrogens with two attached hydrogens (primary N) is 1. The minimum atomic E-state index is -1.93. The van der Waals surface area contributed by atoms with E-state index < -0.39 is 36.3 Å². The highest BCUT2D eigenvalue weighted by Crippen LogP contribution is 2.34. The summed E-state index contributed by atoms with van der Waals surface area (Å²) >= 11 is 0. The van der Waals surface area contributed by atoms with Gasteiger partial charge in [-0.05, 0) is 12.0 Å². The maximum absolute atomic E-state index is 11.8.